The molecule has 29 heavy (non-hydrogen) atoms. The molecule has 1 aromatic carbocycles. The quantitative estimate of drug-likeness (QED) is 0.245. The fourth-order valence-electron chi connectivity index (χ4n) is 2.86. The number of hydrogen-bond donors (Lipinski definition) is 0. The van der Waals surface area contributed by atoms with Gasteiger partial charge in [0.15, 0.2) is 0 Å². The zero-order valence-corrected chi connectivity index (χ0v) is 25.4. The summed E-state index contributed by atoms with van der Waals surface area (Å²) in [5, 5.41) is 0. The topological polar surface area (TPSA) is 18.5 Å². The van der Waals surface area contributed by atoms with Gasteiger partial charge in [-0.05, 0) is 78.0 Å². The van der Waals surface area contributed by atoms with Crippen molar-refractivity contribution in [3.05, 3.63) is 70.7 Å². The average Bonchev–Trinajstić information content (AvgIpc) is 2.59. The maximum Gasteiger partial charge on any atom is 0.148 e. The highest BCUT2D eigenvalue weighted by atomic mass is 79.9. The first kappa shape index (κ1) is 25.9. The molecule has 0 N–H and O–H groups in total. The SMILES string of the molecule is C=C(Br)COC1=C(Br)C=C(C(C)(C)c2cc(Br)c(OCC(=C)Br)c(Br)c2)CC1Br. The van der Waals surface area contributed by atoms with E-state index in [4.69, 9.17) is 9.47 Å². The molecule has 0 saturated carbocycles. The zero-order chi connectivity index (χ0) is 21.9. The maximum atomic E-state index is 5.89. The third-order valence-electron chi connectivity index (χ3n) is 4.50. The minimum atomic E-state index is -0.196. The van der Waals surface area contributed by atoms with Gasteiger partial charge in [0.1, 0.15) is 24.7 Å². The van der Waals surface area contributed by atoms with E-state index in [1.54, 1.807) is 0 Å². The van der Waals surface area contributed by atoms with Gasteiger partial charge in [0.25, 0.3) is 0 Å². The van der Waals surface area contributed by atoms with Crippen LogP contribution in [0.5, 0.6) is 5.75 Å². The maximum absolute atomic E-state index is 5.89. The van der Waals surface area contributed by atoms with Gasteiger partial charge in [0.2, 0.25) is 0 Å². The van der Waals surface area contributed by atoms with E-state index >= 15 is 0 Å². The highest BCUT2D eigenvalue weighted by Crippen LogP contribution is 2.45. The Balaban J connectivity index is 2.36. The lowest BCUT2D eigenvalue weighted by atomic mass is 9.74. The first-order chi connectivity index (χ1) is 13.4. The zero-order valence-electron chi connectivity index (χ0n) is 15.9. The van der Waals surface area contributed by atoms with Crippen LogP contribution in [0.3, 0.4) is 0 Å². The monoisotopic (exact) mass is 778 g/mol. The molecule has 0 heterocycles. The van der Waals surface area contributed by atoms with Crippen LogP contribution in [0, 0.1) is 0 Å². The molecule has 1 aliphatic rings. The Hall–Kier alpha value is 0.660. The van der Waals surface area contributed by atoms with E-state index in [1.165, 1.54) is 11.1 Å². The summed E-state index contributed by atoms with van der Waals surface area (Å²) in [5.74, 6) is 1.64. The molecule has 0 aromatic heterocycles. The summed E-state index contributed by atoms with van der Waals surface area (Å²) in [6.07, 6.45) is 2.99. The molecule has 0 saturated heterocycles. The van der Waals surface area contributed by atoms with Gasteiger partial charge >= 0.3 is 0 Å². The summed E-state index contributed by atoms with van der Waals surface area (Å²) in [6.45, 7) is 12.9. The number of rotatable bonds is 8. The summed E-state index contributed by atoms with van der Waals surface area (Å²) in [7, 11) is 0. The van der Waals surface area contributed by atoms with Gasteiger partial charge in [-0.3, -0.25) is 0 Å². The normalized spacial score (nSPS) is 17.1. The molecule has 2 nitrogen and oxygen atoms in total. The summed E-state index contributed by atoms with van der Waals surface area (Å²) < 4.78 is 16.0. The molecule has 0 radical (unpaired) electrons. The summed E-state index contributed by atoms with van der Waals surface area (Å²) >= 11 is 21.4. The van der Waals surface area contributed by atoms with Crippen LogP contribution in [0.25, 0.3) is 0 Å². The molecule has 0 fully saturated rings. The van der Waals surface area contributed by atoms with Crippen LogP contribution in [0.1, 0.15) is 25.8 Å². The Morgan fingerprint density at radius 2 is 1.55 bits per heavy atom. The third kappa shape index (κ3) is 6.82. The van der Waals surface area contributed by atoms with Crippen molar-refractivity contribution in [1.29, 1.82) is 0 Å². The Bertz CT molecular complexity index is 862. The third-order valence-corrected chi connectivity index (χ3v) is 7.50. The highest BCUT2D eigenvalue weighted by molar-refractivity contribution is 9.12. The van der Waals surface area contributed by atoms with Crippen LogP contribution >= 0.6 is 95.6 Å². The van der Waals surface area contributed by atoms with Gasteiger partial charge in [-0.1, -0.05) is 80.4 Å². The van der Waals surface area contributed by atoms with E-state index in [-0.39, 0.29) is 10.2 Å². The van der Waals surface area contributed by atoms with Gasteiger partial charge in [0.05, 0.1) is 18.3 Å². The van der Waals surface area contributed by atoms with Crippen molar-refractivity contribution in [3.8, 4) is 5.75 Å². The van der Waals surface area contributed by atoms with Gasteiger partial charge < -0.3 is 9.47 Å². The molecular formula is C21H20Br6O2. The van der Waals surface area contributed by atoms with Crippen molar-refractivity contribution in [1.82, 2.24) is 0 Å². The predicted octanol–water partition coefficient (Wildman–Crippen LogP) is 9.40. The van der Waals surface area contributed by atoms with Crippen LogP contribution in [-0.4, -0.2) is 18.0 Å². The predicted molar refractivity (Wildman–Crippen MR) is 144 cm³/mol. The Morgan fingerprint density at radius 3 is 2.03 bits per heavy atom. The van der Waals surface area contributed by atoms with E-state index in [1.807, 2.05) is 0 Å². The first-order valence-corrected chi connectivity index (χ1v) is 13.5. The van der Waals surface area contributed by atoms with E-state index < -0.39 is 0 Å². The molecule has 1 unspecified atom stereocenters. The summed E-state index contributed by atoms with van der Waals surface area (Å²) in [5.41, 5.74) is 2.27. The van der Waals surface area contributed by atoms with Crippen LogP contribution in [0.2, 0.25) is 0 Å². The fraction of sp³-hybridized carbons (Fsp3) is 0.333. The number of hydrogen-bond acceptors (Lipinski definition) is 2. The smallest absolute Gasteiger partial charge is 0.148 e. The minimum absolute atomic E-state index is 0.0856. The highest BCUT2D eigenvalue weighted by Gasteiger charge is 2.33. The minimum Gasteiger partial charge on any atom is -0.490 e. The van der Waals surface area contributed by atoms with Crippen molar-refractivity contribution in [3.63, 3.8) is 0 Å². The second-order valence-electron chi connectivity index (χ2n) is 7.06. The molecule has 1 aromatic rings. The lowest BCUT2D eigenvalue weighted by molar-refractivity contribution is 0.235. The van der Waals surface area contributed by atoms with Crippen LogP contribution in [0.15, 0.2) is 65.1 Å². The second kappa shape index (κ2) is 11.0. The van der Waals surface area contributed by atoms with Gasteiger partial charge in [-0.2, -0.15) is 0 Å². The lowest BCUT2D eigenvalue weighted by Gasteiger charge is -2.34. The number of alkyl halides is 1. The fourth-order valence-corrected chi connectivity index (χ4v) is 6.21. The Kier molecular flexibility index (Phi) is 9.82. The Morgan fingerprint density at radius 1 is 1.03 bits per heavy atom. The number of ether oxygens (including phenoxy) is 2. The molecule has 158 valence electrons. The molecule has 0 aliphatic heterocycles. The van der Waals surface area contributed by atoms with Gasteiger partial charge in [0, 0.05) is 14.4 Å². The van der Waals surface area contributed by atoms with Crippen LogP contribution in [0.4, 0.5) is 0 Å². The van der Waals surface area contributed by atoms with E-state index in [9.17, 15) is 0 Å². The van der Waals surface area contributed by atoms with E-state index in [0.29, 0.717) is 13.2 Å². The summed E-state index contributed by atoms with van der Waals surface area (Å²) in [4.78, 5) is 0.0856. The van der Waals surface area contributed by atoms with Crippen LogP contribution in [-0.2, 0) is 10.2 Å². The van der Waals surface area contributed by atoms with Crippen molar-refractivity contribution < 1.29 is 9.47 Å². The Labute approximate surface area is 223 Å². The summed E-state index contributed by atoms with van der Waals surface area (Å²) in [6, 6.07) is 4.22. The van der Waals surface area contributed by atoms with Crippen molar-refractivity contribution in [2.24, 2.45) is 0 Å². The molecule has 0 amide bonds. The lowest BCUT2D eigenvalue weighted by Crippen LogP contribution is -2.26. The van der Waals surface area contributed by atoms with Gasteiger partial charge in [-0.25, -0.2) is 0 Å². The largest absolute Gasteiger partial charge is 0.490 e. The van der Waals surface area contributed by atoms with Crippen molar-refractivity contribution >= 4 is 95.6 Å². The number of benzene rings is 1. The van der Waals surface area contributed by atoms with E-state index in [2.05, 4.69) is 141 Å². The van der Waals surface area contributed by atoms with Crippen molar-refractivity contribution in [2.45, 2.75) is 30.5 Å². The molecular weight excluding hydrogens is 764 g/mol. The van der Waals surface area contributed by atoms with Gasteiger partial charge in [-0.15, -0.1) is 0 Å². The molecule has 0 spiro atoms. The van der Waals surface area contributed by atoms with E-state index in [0.717, 1.165) is 40.3 Å². The molecule has 1 aliphatic carbocycles. The van der Waals surface area contributed by atoms with Crippen molar-refractivity contribution in [2.75, 3.05) is 13.2 Å². The number of allylic oxidation sites excluding steroid dienone is 4. The molecule has 1 atom stereocenters. The van der Waals surface area contributed by atoms with Crippen LogP contribution < -0.4 is 4.74 Å². The first-order valence-electron chi connectivity index (χ1n) is 8.60. The average molecular weight is 784 g/mol. The second-order valence-corrected chi connectivity index (χ2v) is 13.0. The molecule has 8 heteroatoms. The molecule has 0 bridgehead atoms. The standard InChI is InChI=1S/C21H20Br6O2/c1-11(22)9-28-19-15(24)5-13(6-16(19)25)21(3,4)14-7-17(26)20(18(27)8-14)29-10-12(2)23/h5-7,18H,1-2,8-10H2,3-4H3. The number of halogens is 6. The molecule has 2 rings (SSSR count).